The summed E-state index contributed by atoms with van der Waals surface area (Å²) in [7, 11) is -3.96. The van der Waals surface area contributed by atoms with Crippen molar-refractivity contribution in [2.24, 2.45) is 11.5 Å². The summed E-state index contributed by atoms with van der Waals surface area (Å²) < 4.78 is 33.1. The molecule has 0 radical (unpaired) electrons. The monoisotopic (exact) mass is 659 g/mol. The molecule has 2 amide bonds. The van der Waals surface area contributed by atoms with Crippen molar-refractivity contribution in [3.63, 3.8) is 0 Å². The fourth-order valence-corrected chi connectivity index (χ4v) is 6.69. The van der Waals surface area contributed by atoms with Crippen LogP contribution in [-0.4, -0.2) is 77.9 Å². The molecule has 13 nitrogen and oxygen atoms in total. The Kier molecular flexibility index (Phi) is 12.1. The van der Waals surface area contributed by atoms with Crippen molar-refractivity contribution in [1.82, 2.24) is 9.62 Å². The second kappa shape index (κ2) is 15.2. The van der Waals surface area contributed by atoms with E-state index < -0.39 is 57.0 Å². The molecule has 0 aliphatic carbocycles. The van der Waals surface area contributed by atoms with Gasteiger partial charge in [0.05, 0.1) is 4.90 Å². The number of nitrogens with one attached hydrogen (secondary N) is 2. The molecule has 0 spiro atoms. The molecule has 1 aliphatic rings. The first-order valence-electron chi connectivity index (χ1n) is 15.2. The number of carbonyl (C=O) groups excluding carboxylic acids is 3. The van der Waals surface area contributed by atoms with E-state index in [9.17, 15) is 32.7 Å². The first-order valence-corrected chi connectivity index (χ1v) is 16.7. The molecule has 2 aromatic carbocycles. The van der Waals surface area contributed by atoms with Gasteiger partial charge >= 0.3 is 11.9 Å². The molecule has 3 rings (SSSR count). The van der Waals surface area contributed by atoms with Crippen LogP contribution in [0.4, 0.5) is 5.69 Å². The first kappa shape index (κ1) is 36.6. The van der Waals surface area contributed by atoms with Gasteiger partial charge in [-0.2, -0.15) is 4.31 Å². The van der Waals surface area contributed by atoms with Gasteiger partial charge in [-0.15, -0.1) is 0 Å². The molecule has 7 N–H and O–H groups in total. The van der Waals surface area contributed by atoms with Gasteiger partial charge in [0.25, 0.3) is 5.91 Å². The van der Waals surface area contributed by atoms with Crippen LogP contribution in [0, 0.1) is 6.92 Å². The third-order valence-corrected chi connectivity index (χ3v) is 9.52. The Balaban J connectivity index is 1.69. The second-order valence-electron chi connectivity index (χ2n) is 12.6. The summed E-state index contributed by atoms with van der Waals surface area (Å²) in [6, 6.07) is 10.1. The number of nitrogens with two attached hydrogens (primary N) is 2. The molecule has 0 bridgehead atoms. The van der Waals surface area contributed by atoms with Crippen LogP contribution in [0.5, 0.6) is 0 Å². The van der Waals surface area contributed by atoms with Crippen molar-refractivity contribution in [3.8, 4) is 0 Å². The van der Waals surface area contributed by atoms with Crippen molar-refractivity contribution in [3.05, 3.63) is 59.7 Å². The molecule has 0 saturated carbocycles. The molecular formula is C32H45N5O8S. The molecule has 46 heavy (non-hydrogen) atoms. The van der Waals surface area contributed by atoms with E-state index in [4.69, 9.17) is 16.2 Å². The van der Waals surface area contributed by atoms with Crippen LogP contribution in [0.3, 0.4) is 0 Å². The third kappa shape index (κ3) is 9.34. The number of aryl methyl sites for hydroxylation is 1. The minimum absolute atomic E-state index is 0.0216. The van der Waals surface area contributed by atoms with Gasteiger partial charge in [-0.1, -0.05) is 29.8 Å². The summed E-state index contributed by atoms with van der Waals surface area (Å²) in [5.41, 5.74) is 10.8. The van der Waals surface area contributed by atoms with Crippen molar-refractivity contribution < 1.29 is 37.4 Å². The number of carbonyl (C=O) groups is 4. The number of benzene rings is 2. The molecule has 1 saturated heterocycles. The zero-order chi connectivity index (χ0) is 34.3. The van der Waals surface area contributed by atoms with E-state index in [1.165, 1.54) is 24.3 Å². The number of hydrogen-bond donors (Lipinski definition) is 5. The molecule has 1 heterocycles. The predicted molar refractivity (Wildman–Crippen MR) is 172 cm³/mol. The maximum Gasteiger partial charge on any atom is 0.336 e. The average molecular weight is 660 g/mol. The van der Waals surface area contributed by atoms with E-state index in [1.54, 1.807) is 45.0 Å². The molecule has 3 atom stereocenters. The summed E-state index contributed by atoms with van der Waals surface area (Å²) in [4.78, 5) is 51.5. The van der Waals surface area contributed by atoms with Crippen LogP contribution in [0.1, 0.15) is 64.0 Å². The lowest BCUT2D eigenvalue weighted by Crippen LogP contribution is -2.59. The van der Waals surface area contributed by atoms with Crippen LogP contribution in [0.2, 0.25) is 0 Å². The minimum Gasteiger partial charge on any atom is -0.480 e. The number of anilines is 1. The fraction of sp³-hybridized carbons (Fsp3) is 0.500. The Morgan fingerprint density at radius 1 is 1.04 bits per heavy atom. The molecular weight excluding hydrogens is 614 g/mol. The predicted octanol–water partition coefficient (Wildman–Crippen LogP) is 2.07. The van der Waals surface area contributed by atoms with Crippen molar-refractivity contribution in [2.75, 3.05) is 18.4 Å². The lowest BCUT2D eigenvalue weighted by molar-refractivity contribution is -0.164. The van der Waals surface area contributed by atoms with E-state index in [1.807, 2.05) is 6.92 Å². The molecule has 252 valence electrons. The number of esters is 1. The van der Waals surface area contributed by atoms with Gasteiger partial charge in [0.2, 0.25) is 15.9 Å². The van der Waals surface area contributed by atoms with Gasteiger partial charge in [0.15, 0.2) is 5.54 Å². The number of unbranched alkanes of at least 4 members (excludes halogenated alkanes) is 1. The number of ether oxygens (including phenoxy) is 1. The first-order chi connectivity index (χ1) is 21.5. The number of aliphatic carboxylic acids is 1. The van der Waals surface area contributed by atoms with Crippen molar-refractivity contribution >= 4 is 39.5 Å². The maximum atomic E-state index is 13.3. The summed E-state index contributed by atoms with van der Waals surface area (Å²) in [5.74, 6) is -3.61. The fourth-order valence-electron chi connectivity index (χ4n) is 5.03. The molecule has 1 fully saturated rings. The number of carboxylic acid groups (broad SMARTS) is 1. The van der Waals surface area contributed by atoms with E-state index >= 15 is 0 Å². The highest BCUT2D eigenvalue weighted by atomic mass is 32.2. The third-order valence-electron chi connectivity index (χ3n) is 7.59. The average Bonchev–Trinajstić information content (AvgIpc) is 3.48. The number of carboxylic acids is 1. The Hall–Kier alpha value is -3.85. The smallest absolute Gasteiger partial charge is 0.336 e. The Morgan fingerprint density at radius 2 is 1.67 bits per heavy atom. The quantitative estimate of drug-likeness (QED) is 0.113. The van der Waals surface area contributed by atoms with Crippen LogP contribution in [-0.2, 0) is 40.4 Å². The number of amides is 2. The topological polar surface area (TPSA) is 211 Å². The van der Waals surface area contributed by atoms with E-state index in [0.717, 1.165) is 9.87 Å². The molecule has 14 heteroatoms. The Morgan fingerprint density at radius 3 is 2.24 bits per heavy atom. The highest BCUT2D eigenvalue weighted by Gasteiger charge is 2.45. The van der Waals surface area contributed by atoms with E-state index in [2.05, 4.69) is 10.6 Å². The zero-order valence-corrected chi connectivity index (χ0v) is 27.6. The summed E-state index contributed by atoms with van der Waals surface area (Å²) in [5, 5.41) is 15.0. The molecule has 2 aromatic rings. The van der Waals surface area contributed by atoms with Crippen molar-refractivity contribution in [2.45, 2.75) is 94.3 Å². The lowest BCUT2D eigenvalue weighted by Gasteiger charge is -2.30. The Labute approximate surface area is 270 Å². The highest BCUT2D eigenvalue weighted by molar-refractivity contribution is 7.89. The van der Waals surface area contributed by atoms with Gasteiger partial charge in [-0.05, 0) is 96.2 Å². The molecule has 1 aliphatic heterocycles. The van der Waals surface area contributed by atoms with Gasteiger partial charge in [-0.3, -0.25) is 9.59 Å². The highest BCUT2D eigenvalue weighted by Crippen LogP contribution is 2.27. The normalized spacial score (nSPS) is 17.5. The van der Waals surface area contributed by atoms with Gasteiger partial charge in [-0.25, -0.2) is 18.0 Å². The van der Waals surface area contributed by atoms with Crippen LogP contribution >= 0.6 is 0 Å². The second-order valence-corrected chi connectivity index (χ2v) is 14.5. The van der Waals surface area contributed by atoms with Crippen LogP contribution < -0.4 is 22.1 Å². The standard InChI is InChI=1S/C32H45N5O8S/c1-21-9-15-24(16-10-21)46(43,44)37-19-7-8-26(37)27(38)36-25(28(39)40)20-22-11-13-23(14-12-22)35-29(41)32(34,17-5-6-18-33)30(42)45-31(2,3)4/h9-16,25-26H,5-8,17-20,33-34H2,1-4H3,(H,35,41)(H,36,38)(H,39,40)/t25-,26-,32-/m0/s1. The summed E-state index contributed by atoms with van der Waals surface area (Å²) in [6.45, 7) is 7.37. The van der Waals surface area contributed by atoms with Gasteiger partial charge in [0, 0.05) is 18.7 Å². The van der Waals surface area contributed by atoms with E-state index in [-0.39, 0.29) is 30.7 Å². The number of sulfonamides is 1. The molecule has 0 unspecified atom stereocenters. The SMILES string of the molecule is Cc1ccc(S(=O)(=O)N2CCC[C@H]2C(=O)N[C@@H](Cc2ccc(NC(=O)[C@@](N)(CCCCN)C(=O)OC(C)(C)C)cc2)C(=O)O)cc1. The summed E-state index contributed by atoms with van der Waals surface area (Å²) in [6.07, 6.45) is 1.62. The van der Waals surface area contributed by atoms with Crippen LogP contribution in [0.25, 0.3) is 0 Å². The minimum atomic E-state index is -3.96. The van der Waals surface area contributed by atoms with Crippen LogP contribution in [0.15, 0.2) is 53.4 Å². The van der Waals surface area contributed by atoms with E-state index in [0.29, 0.717) is 37.1 Å². The number of rotatable bonds is 14. The molecule has 0 aromatic heterocycles. The maximum absolute atomic E-state index is 13.3. The lowest BCUT2D eigenvalue weighted by atomic mass is 9.92. The number of hydrogen-bond acceptors (Lipinski definition) is 9. The van der Waals surface area contributed by atoms with Gasteiger partial charge < -0.3 is 31.9 Å². The largest absolute Gasteiger partial charge is 0.480 e. The van der Waals surface area contributed by atoms with Gasteiger partial charge in [0.1, 0.15) is 17.7 Å². The zero-order valence-electron chi connectivity index (χ0n) is 26.7. The Bertz CT molecular complexity index is 1510. The van der Waals surface area contributed by atoms with Crippen molar-refractivity contribution in [1.29, 1.82) is 0 Å². The summed E-state index contributed by atoms with van der Waals surface area (Å²) >= 11 is 0. The number of nitrogens with zero attached hydrogens (tertiary/aromatic N) is 1.